The lowest BCUT2D eigenvalue weighted by Gasteiger charge is -2.41. The van der Waals surface area contributed by atoms with E-state index in [2.05, 4.69) is 9.80 Å². The summed E-state index contributed by atoms with van der Waals surface area (Å²) >= 11 is 0. The molecule has 1 atom stereocenters. The van der Waals surface area contributed by atoms with Crippen molar-refractivity contribution in [2.75, 3.05) is 52.4 Å². The molecule has 1 aliphatic carbocycles. The molecule has 154 valence electrons. The van der Waals surface area contributed by atoms with Crippen molar-refractivity contribution >= 4 is 5.91 Å². The van der Waals surface area contributed by atoms with Gasteiger partial charge in [0.25, 0.3) is 0 Å². The van der Waals surface area contributed by atoms with E-state index in [1.165, 1.54) is 77.4 Å². The van der Waals surface area contributed by atoms with E-state index < -0.39 is 0 Å². The van der Waals surface area contributed by atoms with Crippen LogP contribution in [0.15, 0.2) is 0 Å². The van der Waals surface area contributed by atoms with Gasteiger partial charge in [0.15, 0.2) is 0 Å². The van der Waals surface area contributed by atoms with Gasteiger partial charge >= 0.3 is 0 Å². The van der Waals surface area contributed by atoms with Gasteiger partial charge in [0, 0.05) is 44.6 Å². The first-order valence-corrected chi connectivity index (χ1v) is 11.6. The molecule has 3 heterocycles. The molecule has 0 N–H and O–H groups in total. The molecular weight excluding hydrogens is 338 g/mol. The zero-order valence-corrected chi connectivity index (χ0v) is 17.2. The minimum Gasteiger partial charge on any atom is -0.342 e. The summed E-state index contributed by atoms with van der Waals surface area (Å²) in [7, 11) is 0. The number of hydroxylamine groups is 2. The third-order valence-electron chi connectivity index (χ3n) is 7.51. The summed E-state index contributed by atoms with van der Waals surface area (Å²) < 4.78 is 0. The van der Waals surface area contributed by atoms with E-state index in [-0.39, 0.29) is 0 Å². The molecule has 1 saturated carbocycles. The van der Waals surface area contributed by atoms with Gasteiger partial charge in [-0.15, -0.1) is 0 Å². The molecule has 1 amide bonds. The molecule has 4 rings (SSSR count). The first-order chi connectivity index (χ1) is 13.2. The van der Waals surface area contributed by atoms with E-state index >= 15 is 0 Å². The Hall–Kier alpha value is -0.650. The summed E-state index contributed by atoms with van der Waals surface area (Å²) in [6.45, 7) is 8.30. The van der Waals surface area contributed by atoms with Crippen molar-refractivity contribution in [1.82, 2.24) is 14.9 Å². The van der Waals surface area contributed by atoms with Crippen LogP contribution in [0.3, 0.4) is 0 Å². The minimum absolute atomic E-state index is 0.335. The van der Waals surface area contributed by atoms with Gasteiger partial charge in [-0.2, -0.15) is 5.06 Å². The quantitative estimate of drug-likeness (QED) is 0.712. The lowest BCUT2D eigenvalue weighted by atomic mass is 9.79. The van der Waals surface area contributed by atoms with Crippen molar-refractivity contribution in [3.63, 3.8) is 0 Å². The third kappa shape index (κ3) is 5.24. The Morgan fingerprint density at radius 2 is 1.81 bits per heavy atom. The number of amides is 1. The number of hydrogen-bond acceptors (Lipinski definition) is 4. The van der Waals surface area contributed by atoms with E-state index in [4.69, 9.17) is 4.84 Å². The van der Waals surface area contributed by atoms with Crippen molar-refractivity contribution in [2.24, 2.45) is 11.3 Å². The first-order valence-electron chi connectivity index (χ1n) is 11.6. The molecule has 5 nitrogen and oxygen atoms in total. The molecule has 0 radical (unpaired) electrons. The fourth-order valence-electron chi connectivity index (χ4n) is 5.88. The van der Waals surface area contributed by atoms with Crippen LogP contribution in [0.4, 0.5) is 0 Å². The highest BCUT2D eigenvalue weighted by molar-refractivity contribution is 5.76. The molecule has 1 unspecified atom stereocenters. The van der Waals surface area contributed by atoms with Crippen LogP contribution in [0, 0.1) is 11.3 Å². The molecule has 1 spiro atoms. The Balaban J connectivity index is 1.21. The summed E-state index contributed by atoms with van der Waals surface area (Å²) in [5, 5.41) is 1.97. The van der Waals surface area contributed by atoms with Crippen LogP contribution >= 0.6 is 0 Å². The van der Waals surface area contributed by atoms with Crippen molar-refractivity contribution in [2.45, 2.75) is 70.6 Å². The first kappa shape index (κ1) is 19.7. The Morgan fingerprint density at radius 3 is 2.63 bits per heavy atom. The molecular formula is C22H39N3O2. The normalized spacial score (nSPS) is 31.2. The molecule has 0 aromatic carbocycles. The Kier molecular flexibility index (Phi) is 6.72. The monoisotopic (exact) mass is 377 g/mol. The molecule has 0 aromatic heterocycles. The number of rotatable bonds is 6. The van der Waals surface area contributed by atoms with Crippen molar-refractivity contribution < 1.29 is 9.63 Å². The molecule has 27 heavy (non-hydrogen) atoms. The third-order valence-corrected chi connectivity index (χ3v) is 7.51. The highest BCUT2D eigenvalue weighted by Gasteiger charge is 2.42. The van der Waals surface area contributed by atoms with Gasteiger partial charge in [0.05, 0.1) is 6.61 Å². The summed E-state index contributed by atoms with van der Waals surface area (Å²) in [6, 6.07) is 0. The fraction of sp³-hybridized carbons (Fsp3) is 0.955. The van der Waals surface area contributed by atoms with E-state index in [1.807, 2.05) is 5.06 Å². The summed E-state index contributed by atoms with van der Waals surface area (Å²) in [4.78, 5) is 23.1. The molecule has 5 heteroatoms. The second-order valence-electron chi connectivity index (χ2n) is 9.60. The van der Waals surface area contributed by atoms with Crippen LogP contribution in [-0.2, 0) is 9.63 Å². The van der Waals surface area contributed by atoms with Crippen molar-refractivity contribution in [3.05, 3.63) is 0 Å². The minimum atomic E-state index is 0.335. The van der Waals surface area contributed by atoms with Crippen LogP contribution in [0.25, 0.3) is 0 Å². The molecule has 0 aromatic rings. The second kappa shape index (κ2) is 9.23. The number of piperidine rings is 1. The van der Waals surface area contributed by atoms with E-state index in [1.54, 1.807) is 0 Å². The van der Waals surface area contributed by atoms with Crippen LogP contribution in [0.2, 0.25) is 0 Å². The van der Waals surface area contributed by atoms with Gasteiger partial charge in [-0.25, -0.2) is 0 Å². The zero-order valence-electron chi connectivity index (χ0n) is 17.2. The van der Waals surface area contributed by atoms with Gasteiger partial charge in [0.1, 0.15) is 0 Å². The zero-order chi connectivity index (χ0) is 18.5. The molecule has 3 saturated heterocycles. The molecule has 0 bridgehead atoms. The summed E-state index contributed by atoms with van der Waals surface area (Å²) in [5.74, 6) is 1.31. The molecule has 4 fully saturated rings. The Bertz CT molecular complexity index is 488. The largest absolute Gasteiger partial charge is 0.342 e. The average molecular weight is 378 g/mol. The highest BCUT2D eigenvalue weighted by Crippen LogP contribution is 2.39. The number of likely N-dealkylation sites (tertiary alicyclic amines) is 2. The van der Waals surface area contributed by atoms with Gasteiger partial charge in [-0.1, -0.05) is 32.1 Å². The van der Waals surface area contributed by atoms with Gasteiger partial charge in [-0.05, 0) is 51.1 Å². The number of nitrogens with zero attached hydrogens (tertiary/aromatic N) is 3. The lowest BCUT2D eigenvalue weighted by Crippen LogP contribution is -2.46. The second-order valence-corrected chi connectivity index (χ2v) is 9.60. The number of carbonyl (C=O) groups excluding carboxylic acids is 1. The lowest BCUT2D eigenvalue weighted by molar-refractivity contribution is -0.138. The van der Waals surface area contributed by atoms with E-state index in [0.29, 0.717) is 17.7 Å². The fourth-order valence-corrected chi connectivity index (χ4v) is 5.88. The van der Waals surface area contributed by atoms with Crippen LogP contribution in [0.1, 0.15) is 70.6 Å². The van der Waals surface area contributed by atoms with E-state index in [0.717, 1.165) is 45.1 Å². The van der Waals surface area contributed by atoms with Crippen LogP contribution < -0.4 is 0 Å². The molecule has 3 aliphatic heterocycles. The Labute approximate surface area is 165 Å². The SMILES string of the molecule is O=C(CCN1CCCO1)N1CCC2(CCCN(CCC3CCCCC3)C2)C1. The smallest absolute Gasteiger partial charge is 0.223 e. The van der Waals surface area contributed by atoms with Gasteiger partial charge in [-0.3, -0.25) is 9.63 Å². The highest BCUT2D eigenvalue weighted by atomic mass is 16.7. The molecule has 4 aliphatic rings. The van der Waals surface area contributed by atoms with Crippen LogP contribution in [-0.4, -0.2) is 73.2 Å². The van der Waals surface area contributed by atoms with Gasteiger partial charge in [0.2, 0.25) is 5.91 Å². The van der Waals surface area contributed by atoms with Crippen LogP contribution in [0.5, 0.6) is 0 Å². The van der Waals surface area contributed by atoms with Crippen molar-refractivity contribution in [1.29, 1.82) is 0 Å². The Morgan fingerprint density at radius 1 is 0.926 bits per heavy atom. The predicted octanol–water partition coefficient (Wildman–Crippen LogP) is 3.30. The van der Waals surface area contributed by atoms with Gasteiger partial charge < -0.3 is 9.80 Å². The standard InChI is InChI=1S/C22H39N3O2/c26-21(9-15-25-13-5-17-27-25)24-16-11-22(19-24)10-4-12-23(18-22)14-8-20-6-2-1-3-7-20/h20H,1-19H2. The van der Waals surface area contributed by atoms with Crippen molar-refractivity contribution in [3.8, 4) is 0 Å². The maximum Gasteiger partial charge on any atom is 0.223 e. The number of hydrogen-bond donors (Lipinski definition) is 0. The van der Waals surface area contributed by atoms with E-state index in [9.17, 15) is 4.79 Å². The summed E-state index contributed by atoms with van der Waals surface area (Å²) in [6.07, 6.45) is 14.2. The topological polar surface area (TPSA) is 36.0 Å². The summed E-state index contributed by atoms with van der Waals surface area (Å²) in [5.41, 5.74) is 0.380. The average Bonchev–Trinajstić information content (AvgIpc) is 3.36. The number of carbonyl (C=O) groups is 1. The maximum absolute atomic E-state index is 12.7. The maximum atomic E-state index is 12.7. The predicted molar refractivity (Wildman–Crippen MR) is 107 cm³/mol.